The van der Waals surface area contributed by atoms with Crippen molar-refractivity contribution in [3.05, 3.63) is 30.3 Å². The van der Waals surface area contributed by atoms with E-state index in [1.54, 1.807) is 0 Å². The average molecular weight is 278 g/mol. The number of hydrogen-bond donors (Lipinski definition) is 0. The molecule has 0 radical (unpaired) electrons. The fourth-order valence-electron chi connectivity index (χ4n) is 2.56. The summed E-state index contributed by atoms with van der Waals surface area (Å²) in [4.78, 5) is 4.86. The van der Waals surface area contributed by atoms with Crippen molar-refractivity contribution in [2.24, 2.45) is 0 Å². The van der Waals surface area contributed by atoms with Crippen LogP contribution in [-0.2, 0) is 9.47 Å². The highest BCUT2D eigenvalue weighted by Gasteiger charge is 2.20. The van der Waals surface area contributed by atoms with E-state index < -0.39 is 0 Å². The molecule has 1 saturated heterocycles. The Morgan fingerprint density at radius 3 is 2.10 bits per heavy atom. The maximum atomic E-state index is 5.62. The van der Waals surface area contributed by atoms with Gasteiger partial charge in [-0.15, -0.1) is 0 Å². The van der Waals surface area contributed by atoms with Crippen LogP contribution in [0.2, 0.25) is 0 Å². The van der Waals surface area contributed by atoms with Crippen LogP contribution in [0.5, 0.6) is 0 Å². The minimum absolute atomic E-state index is 0.0896. The summed E-state index contributed by atoms with van der Waals surface area (Å²) in [5.74, 6) is 0. The zero-order valence-corrected chi connectivity index (χ0v) is 12.6. The zero-order chi connectivity index (χ0) is 14.2. The Balaban J connectivity index is 1.79. The van der Waals surface area contributed by atoms with Gasteiger partial charge in [0, 0.05) is 51.6 Å². The van der Waals surface area contributed by atoms with E-state index in [4.69, 9.17) is 9.47 Å². The number of piperazine rings is 1. The second-order valence-electron chi connectivity index (χ2n) is 4.96. The Morgan fingerprint density at radius 2 is 1.55 bits per heavy atom. The molecule has 1 aromatic rings. The minimum Gasteiger partial charge on any atom is -0.369 e. The molecule has 4 nitrogen and oxygen atoms in total. The smallest absolute Gasteiger partial charge is 0.170 e. The van der Waals surface area contributed by atoms with Gasteiger partial charge in [-0.2, -0.15) is 0 Å². The molecule has 112 valence electrons. The van der Waals surface area contributed by atoms with Crippen LogP contribution in [0.3, 0.4) is 0 Å². The van der Waals surface area contributed by atoms with Crippen molar-refractivity contribution >= 4 is 5.69 Å². The molecule has 0 amide bonds. The molecule has 1 fully saturated rings. The number of para-hydroxylation sites is 1. The Labute approximate surface area is 122 Å². The van der Waals surface area contributed by atoms with Gasteiger partial charge in [0.25, 0.3) is 0 Å². The molecule has 2 rings (SSSR count). The minimum atomic E-state index is -0.0896. The van der Waals surface area contributed by atoms with Crippen molar-refractivity contribution in [3.63, 3.8) is 0 Å². The average Bonchev–Trinajstić information content (AvgIpc) is 2.49. The fourth-order valence-corrected chi connectivity index (χ4v) is 2.56. The van der Waals surface area contributed by atoms with Gasteiger partial charge in [0.05, 0.1) is 0 Å². The van der Waals surface area contributed by atoms with Gasteiger partial charge in [-0.3, -0.25) is 4.90 Å². The first-order valence-electron chi connectivity index (χ1n) is 7.59. The van der Waals surface area contributed by atoms with E-state index in [2.05, 4.69) is 40.1 Å². The lowest BCUT2D eigenvalue weighted by molar-refractivity contribution is -0.147. The van der Waals surface area contributed by atoms with Crippen molar-refractivity contribution < 1.29 is 9.47 Å². The fraction of sp³-hybridized carbons (Fsp3) is 0.625. The van der Waals surface area contributed by atoms with E-state index in [0.717, 1.165) is 32.7 Å². The van der Waals surface area contributed by atoms with Crippen LogP contribution in [0.25, 0.3) is 0 Å². The molecule has 0 spiro atoms. The van der Waals surface area contributed by atoms with Gasteiger partial charge >= 0.3 is 0 Å². The van der Waals surface area contributed by atoms with Crippen LogP contribution < -0.4 is 4.90 Å². The summed E-state index contributed by atoms with van der Waals surface area (Å²) in [6, 6.07) is 10.6. The summed E-state index contributed by atoms with van der Waals surface area (Å²) in [6.07, 6.45) is -0.0896. The van der Waals surface area contributed by atoms with Gasteiger partial charge in [0.2, 0.25) is 0 Å². The van der Waals surface area contributed by atoms with Crippen LogP contribution in [0, 0.1) is 0 Å². The molecule has 0 aromatic heterocycles. The lowest BCUT2D eigenvalue weighted by Gasteiger charge is -2.37. The molecule has 1 heterocycles. The van der Waals surface area contributed by atoms with Crippen molar-refractivity contribution in [3.8, 4) is 0 Å². The third-order valence-electron chi connectivity index (χ3n) is 3.61. The molecule has 20 heavy (non-hydrogen) atoms. The number of ether oxygens (including phenoxy) is 2. The summed E-state index contributed by atoms with van der Waals surface area (Å²) >= 11 is 0. The van der Waals surface area contributed by atoms with Crippen LogP contribution in [0.15, 0.2) is 30.3 Å². The highest BCUT2D eigenvalue weighted by molar-refractivity contribution is 5.46. The van der Waals surface area contributed by atoms with E-state index >= 15 is 0 Å². The number of anilines is 1. The number of rotatable bonds is 7. The van der Waals surface area contributed by atoms with Gasteiger partial charge in [-0.1, -0.05) is 18.2 Å². The maximum absolute atomic E-state index is 5.62. The normalized spacial score (nSPS) is 16.9. The van der Waals surface area contributed by atoms with Crippen LogP contribution >= 0.6 is 0 Å². The Hall–Kier alpha value is -1.10. The predicted octanol–water partition coefficient (Wildman–Crippen LogP) is 2.21. The molecule has 4 heteroatoms. The van der Waals surface area contributed by atoms with Crippen molar-refractivity contribution in [2.45, 2.75) is 20.1 Å². The van der Waals surface area contributed by atoms with Crippen LogP contribution in [0.4, 0.5) is 5.69 Å². The topological polar surface area (TPSA) is 24.9 Å². The molecule has 1 aromatic carbocycles. The molecule has 0 N–H and O–H groups in total. The SMILES string of the molecule is CCOC(CN1CCN(c2ccccc2)CC1)OCC. The molecule has 0 bridgehead atoms. The van der Waals surface area contributed by atoms with Crippen LogP contribution in [-0.4, -0.2) is 57.1 Å². The lowest BCUT2D eigenvalue weighted by atomic mass is 10.2. The van der Waals surface area contributed by atoms with E-state index in [1.165, 1.54) is 5.69 Å². The third-order valence-corrected chi connectivity index (χ3v) is 3.61. The molecule has 1 aliphatic rings. The summed E-state index contributed by atoms with van der Waals surface area (Å²) in [6.45, 7) is 10.5. The summed E-state index contributed by atoms with van der Waals surface area (Å²) in [5.41, 5.74) is 1.32. The van der Waals surface area contributed by atoms with E-state index in [1.807, 2.05) is 13.8 Å². The highest BCUT2D eigenvalue weighted by atomic mass is 16.7. The zero-order valence-electron chi connectivity index (χ0n) is 12.6. The number of nitrogens with zero attached hydrogens (tertiary/aromatic N) is 2. The van der Waals surface area contributed by atoms with E-state index in [9.17, 15) is 0 Å². The first kappa shape index (κ1) is 15.3. The second kappa shape index (κ2) is 8.25. The Bertz CT molecular complexity index is 358. The van der Waals surface area contributed by atoms with E-state index in [0.29, 0.717) is 13.2 Å². The number of hydrogen-bond acceptors (Lipinski definition) is 4. The molecule has 1 aliphatic heterocycles. The quantitative estimate of drug-likeness (QED) is 0.714. The molecular weight excluding hydrogens is 252 g/mol. The molecular formula is C16H26N2O2. The van der Waals surface area contributed by atoms with Crippen molar-refractivity contribution in [2.75, 3.05) is 50.8 Å². The van der Waals surface area contributed by atoms with Gasteiger partial charge < -0.3 is 14.4 Å². The Morgan fingerprint density at radius 1 is 0.950 bits per heavy atom. The standard InChI is InChI=1S/C16H26N2O2/c1-3-19-16(20-4-2)14-17-10-12-18(13-11-17)15-8-6-5-7-9-15/h5-9,16H,3-4,10-14H2,1-2H3. The molecule has 0 saturated carbocycles. The van der Waals surface area contributed by atoms with Gasteiger partial charge in [0.15, 0.2) is 6.29 Å². The molecule has 0 aliphatic carbocycles. The lowest BCUT2D eigenvalue weighted by Crippen LogP contribution is -2.49. The molecule has 0 atom stereocenters. The van der Waals surface area contributed by atoms with Crippen LogP contribution in [0.1, 0.15) is 13.8 Å². The first-order chi connectivity index (χ1) is 9.83. The summed E-state index contributed by atoms with van der Waals surface area (Å²) in [7, 11) is 0. The van der Waals surface area contributed by atoms with Gasteiger partial charge in [-0.25, -0.2) is 0 Å². The predicted molar refractivity (Wildman–Crippen MR) is 82.1 cm³/mol. The highest BCUT2D eigenvalue weighted by Crippen LogP contribution is 2.15. The number of benzene rings is 1. The molecule has 0 unspecified atom stereocenters. The summed E-state index contributed by atoms with van der Waals surface area (Å²) < 4.78 is 11.2. The van der Waals surface area contributed by atoms with Gasteiger partial charge in [0.1, 0.15) is 0 Å². The van der Waals surface area contributed by atoms with E-state index in [-0.39, 0.29) is 6.29 Å². The van der Waals surface area contributed by atoms with Crippen molar-refractivity contribution in [1.82, 2.24) is 4.90 Å². The monoisotopic (exact) mass is 278 g/mol. The Kier molecular flexibility index (Phi) is 6.30. The van der Waals surface area contributed by atoms with Crippen molar-refractivity contribution in [1.29, 1.82) is 0 Å². The third kappa shape index (κ3) is 4.47. The maximum Gasteiger partial charge on any atom is 0.170 e. The first-order valence-corrected chi connectivity index (χ1v) is 7.59. The second-order valence-corrected chi connectivity index (χ2v) is 4.96. The summed E-state index contributed by atoms with van der Waals surface area (Å²) in [5, 5.41) is 0. The largest absolute Gasteiger partial charge is 0.369 e. The van der Waals surface area contributed by atoms with Gasteiger partial charge in [-0.05, 0) is 26.0 Å².